The number of ether oxygens (including phenoxy) is 1. The molecule has 0 atom stereocenters. The van der Waals surface area contributed by atoms with E-state index in [1.807, 2.05) is 28.8 Å². The number of hydrogen-bond acceptors (Lipinski definition) is 6. The van der Waals surface area contributed by atoms with Crippen molar-refractivity contribution in [1.29, 1.82) is 0 Å². The Balaban J connectivity index is 1.83. The van der Waals surface area contributed by atoms with Gasteiger partial charge in [0.15, 0.2) is 0 Å². The molecular formula is C20H19N5O5. The van der Waals surface area contributed by atoms with Crippen molar-refractivity contribution >= 4 is 27.6 Å². The highest BCUT2D eigenvalue weighted by Gasteiger charge is 2.17. The summed E-state index contributed by atoms with van der Waals surface area (Å²) in [5, 5.41) is 11.3. The SMILES string of the molecule is COCCn1c(=O)c2cc([N+](=O)[O-])ccc2n(CCn2cnc3ccccc32)c1=O. The molecule has 0 radical (unpaired) electrons. The van der Waals surface area contributed by atoms with Crippen molar-refractivity contribution in [3.63, 3.8) is 0 Å². The fraction of sp³-hybridized carbons (Fsp3) is 0.250. The fourth-order valence-electron chi connectivity index (χ4n) is 3.52. The molecule has 0 aliphatic rings. The molecule has 4 rings (SSSR count). The number of nitro groups is 1. The largest absolute Gasteiger partial charge is 0.383 e. The van der Waals surface area contributed by atoms with Gasteiger partial charge in [-0.15, -0.1) is 0 Å². The van der Waals surface area contributed by atoms with E-state index in [1.54, 1.807) is 6.33 Å². The van der Waals surface area contributed by atoms with Crippen molar-refractivity contribution in [1.82, 2.24) is 18.7 Å². The lowest BCUT2D eigenvalue weighted by Gasteiger charge is -2.14. The van der Waals surface area contributed by atoms with Gasteiger partial charge in [-0.25, -0.2) is 9.78 Å². The molecule has 2 aromatic carbocycles. The molecule has 2 heterocycles. The Morgan fingerprint density at radius 1 is 1.03 bits per heavy atom. The van der Waals surface area contributed by atoms with Gasteiger partial charge in [0.25, 0.3) is 11.2 Å². The number of non-ortho nitro benzene ring substituents is 1. The number of aromatic nitrogens is 4. The summed E-state index contributed by atoms with van der Waals surface area (Å²) in [6, 6.07) is 11.6. The van der Waals surface area contributed by atoms with E-state index in [-0.39, 0.29) is 30.8 Å². The van der Waals surface area contributed by atoms with Crippen LogP contribution in [-0.2, 0) is 24.4 Å². The predicted octanol–water partition coefficient (Wildman–Crippen LogP) is 1.77. The van der Waals surface area contributed by atoms with E-state index in [4.69, 9.17) is 4.74 Å². The van der Waals surface area contributed by atoms with Gasteiger partial charge in [-0.2, -0.15) is 0 Å². The molecule has 0 aliphatic carbocycles. The third-order valence-corrected chi connectivity index (χ3v) is 5.03. The highest BCUT2D eigenvalue weighted by molar-refractivity contribution is 5.80. The average Bonchev–Trinajstić information content (AvgIpc) is 3.16. The normalized spacial score (nSPS) is 11.4. The van der Waals surface area contributed by atoms with Crippen molar-refractivity contribution in [2.75, 3.05) is 13.7 Å². The molecule has 30 heavy (non-hydrogen) atoms. The van der Waals surface area contributed by atoms with Crippen molar-refractivity contribution in [3.05, 3.63) is 79.7 Å². The minimum Gasteiger partial charge on any atom is -0.383 e. The maximum Gasteiger partial charge on any atom is 0.331 e. The first-order valence-electron chi connectivity index (χ1n) is 9.32. The Kier molecular flexibility index (Phi) is 5.15. The first-order chi connectivity index (χ1) is 14.5. The van der Waals surface area contributed by atoms with Gasteiger partial charge in [-0.3, -0.25) is 24.0 Å². The molecule has 0 amide bonds. The molecule has 0 unspecified atom stereocenters. The molecule has 0 N–H and O–H groups in total. The van der Waals surface area contributed by atoms with E-state index in [0.717, 1.165) is 15.6 Å². The standard InChI is InChI=1S/C20H19N5O5/c1-30-11-10-24-19(26)15-12-14(25(28)29)6-7-17(15)23(20(24)27)9-8-22-13-21-16-4-2-3-5-18(16)22/h2-7,12-13H,8-11H2,1H3. The molecular weight excluding hydrogens is 390 g/mol. The monoisotopic (exact) mass is 409 g/mol. The lowest BCUT2D eigenvalue weighted by atomic mass is 10.2. The fourth-order valence-corrected chi connectivity index (χ4v) is 3.52. The summed E-state index contributed by atoms with van der Waals surface area (Å²) in [7, 11) is 1.47. The second kappa shape index (κ2) is 7.91. The highest BCUT2D eigenvalue weighted by Crippen LogP contribution is 2.18. The molecule has 0 bridgehead atoms. The van der Waals surface area contributed by atoms with Crippen LogP contribution in [0.4, 0.5) is 5.69 Å². The van der Waals surface area contributed by atoms with Crippen LogP contribution in [0.25, 0.3) is 21.9 Å². The van der Waals surface area contributed by atoms with E-state index in [0.29, 0.717) is 12.1 Å². The molecule has 0 saturated heterocycles. The van der Waals surface area contributed by atoms with Crippen LogP contribution < -0.4 is 11.2 Å². The van der Waals surface area contributed by atoms with Crippen LogP contribution in [0.2, 0.25) is 0 Å². The Hall–Kier alpha value is -3.79. The van der Waals surface area contributed by atoms with E-state index in [2.05, 4.69) is 4.98 Å². The zero-order valence-electron chi connectivity index (χ0n) is 16.2. The number of imidazole rings is 1. The molecule has 4 aromatic rings. The van der Waals surface area contributed by atoms with E-state index in [1.165, 1.54) is 29.9 Å². The maximum absolute atomic E-state index is 13.1. The third-order valence-electron chi connectivity index (χ3n) is 5.03. The number of aryl methyl sites for hydroxylation is 2. The number of fused-ring (bicyclic) bond motifs is 2. The van der Waals surface area contributed by atoms with Crippen LogP contribution in [-0.4, -0.2) is 37.3 Å². The van der Waals surface area contributed by atoms with Gasteiger partial charge in [0.1, 0.15) is 0 Å². The minimum absolute atomic E-state index is 0.0564. The molecule has 0 saturated carbocycles. The van der Waals surface area contributed by atoms with Crippen molar-refractivity contribution in [2.45, 2.75) is 19.6 Å². The summed E-state index contributed by atoms with van der Waals surface area (Å²) in [5.74, 6) is 0. The molecule has 0 spiro atoms. The second-order valence-electron chi connectivity index (χ2n) is 6.77. The van der Waals surface area contributed by atoms with E-state index in [9.17, 15) is 19.7 Å². The number of para-hydroxylation sites is 2. The third kappa shape index (κ3) is 3.37. The summed E-state index contributed by atoms with van der Waals surface area (Å²) in [5.41, 5.74) is 0.869. The Labute approximate surface area is 169 Å². The van der Waals surface area contributed by atoms with Crippen molar-refractivity contribution in [3.8, 4) is 0 Å². The molecule has 0 aliphatic heterocycles. The summed E-state index contributed by atoms with van der Waals surface area (Å²) in [4.78, 5) is 40.9. The Bertz CT molecular complexity index is 1370. The Morgan fingerprint density at radius 2 is 1.83 bits per heavy atom. The number of hydrogen-bond donors (Lipinski definition) is 0. The average molecular weight is 409 g/mol. The van der Waals surface area contributed by atoms with Crippen LogP contribution in [0.1, 0.15) is 0 Å². The number of rotatable bonds is 7. The molecule has 0 fully saturated rings. The van der Waals surface area contributed by atoms with Crippen LogP contribution in [0, 0.1) is 10.1 Å². The smallest absolute Gasteiger partial charge is 0.331 e. The number of methoxy groups -OCH3 is 1. The zero-order valence-corrected chi connectivity index (χ0v) is 16.2. The van der Waals surface area contributed by atoms with E-state index >= 15 is 0 Å². The topological polar surface area (TPSA) is 114 Å². The van der Waals surface area contributed by atoms with Crippen LogP contribution in [0.15, 0.2) is 58.4 Å². The van der Waals surface area contributed by atoms with Gasteiger partial charge in [-0.1, -0.05) is 12.1 Å². The first kappa shape index (κ1) is 19.5. The van der Waals surface area contributed by atoms with Crippen molar-refractivity contribution in [2.24, 2.45) is 0 Å². The van der Waals surface area contributed by atoms with Crippen LogP contribution in [0.3, 0.4) is 0 Å². The number of nitrogens with zero attached hydrogens (tertiary/aromatic N) is 5. The first-order valence-corrected chi connectivity index (χ1v) is 9.32. The zero-order chi connectivity index (χ0) is 21.3. The minimum atomic E-state index is -0.569. The summed E-state index contributed by atoms with van der Waals surface area (Å²) < 4.78 is 9.45. The van der Waals surface area contributed by atoms with Gasteiger partial charge in [0.2, 0.25) is 0 Å². The van der Waals surface area contributed by atoms with Gasteiger partial charge in [0.05, 0.1) is 46.3 Å². The molecule has 10 heteroatoms. The van der Waals surface area contributed by atoms with Crippen LogP contribution in [0.5, 0.6) is 0 Å². The second-order valence-corrected chi connectivity index (χ2v) is 6.77. The lowest BCUT2D eigenvalue weighted by Crippen LogP contribution is -2.41. The summed E-state index contributed by atoms with van der Waals surface area (Å²) >= 11 is 0. The van der Waals surface area contributed by atoms with Crippen LogP contribution >= 0.6 is 0 Å². The van der Waals surface area contributed by atoms with Gasteiger partial charge in [0, 0.05) is 32.3 Å². The molecule has 154 valence electrons. The van der Waals surface area contributed by atoms with E-state index < -0.39 is 16.2 Å². The van der Waals surface area contributed by atoms with Gasteiger partial charge in [-0.05, 0) is 18.2 Å². The molecule has 2 aromatic heterocycles. The number of benzene rings is 2. The van der Waals surface area contributed by atoms with Gasteiger partial charge < -0.3 is 9.30 Å². The molecule has 10 nitrogen and oxygen atoms in total. The predicted molar refractivity (Wildman–Crippen MR) is 111 cm³/mol. The summed E-state index contributed by atoms with van der Waals surface area (Å²) in [6.45, 7) is 0.929. The summed E-state index contributed by atoms with van der Waals surface area (Å²) in [6.07, 6.45) is 1.70. The quantitative estimate of drug-likeness (QED) is 0.339. The maximum atomic E-state index is 13.1. The lowest BCUT2D eigenvalue weighted by molar-refractivity contribution is -0.384. The highest BCUT2D eigenvalue weighted by atomic mass is 16.6. The number of nitro benzene ring substituents is 1. The van der Waals surface area contributed by atoms with Crippen molar-refractivity contribution < 1.29 is 9.66 Å². The van der Waals surface area contributed by atoms with Gasteiger partial charge >= 0.3 is 5.69 Å². The Morgan fingerprint density at radius 3 is 2.60 bits per heavy atom.